The maximum absolute atomic E-state index is 12.9. The summed E-state index contributed by atoms with van der Waals surface area (Å²) < 4.78 is 0. The first-order chi connectivity index (χ1) is 14.0. The average Bonchev–Trinajstić information content (AvgIpc) is 2.98. The van der Waals surface area contributed by atoms with Gasteiger partial charge in [-0.2, -0.15) is 0 Å². The number of hydrogen-bond donors (Lipinski definition) is 1. The van der Waals surface area contributed by atoms with Crippen LogP contribution in [0.1, 0.15) is 25.3 Å². The Morgan fingerprint density at radius 2 is 1.90 bits per heavy atom. The molecule has 2 aromatic carbocycles. The number of nitro benzene ring substituents is 1. The van der Waals surface area contributed by atoms with Crippen molar-refractivity contribution in [3.8, 4) is 0 Å². The van der Waals surface area contributed by atoms with E-state index in [2.05, 4.69) is 23.7 Å². The van der Waals surface area contributed by atoms with Crippen molar-refractivity contribution in [2.75, 3.05) is 29.9 Å². The van der Waals surface area contributed by atoms with Gasteiger partial charge in [0, 0.05) is 42.0 Å². The van der Waals surface area contributed by atoms with Crippen molar-refractivity contribution in [2.24, 2.45) is 0 Å². The molecule has 1 amide bonds. The number of benzene rings is 2. The molecule has 1 N–H and O–H groups in total. The Morgan fingerprint density at radius 3 is 2.59 bits per heavy atom. The lowest BCUT2D eigenvalue weighted by Crippen LogP contribution is -2.38. The molecule has 0 aromatic heterocycles. The minimum Gasteiger partial charge on any atom is -0.382 e. The summed E-state index contributed by atoms with van der Waals surface area (Å²) in [4.78, 5) is 27.7. The van der Waals surface area contributed by atoms with Crippen molar-refractivity contribution in [1.29, 1.82) is 0 Å². The number of rotatable bonds is 5. The first-order valence-corrected chi connectivity index (χ1v) is 9.89. The molecule has 2 aromatic rings. The molecule has 0 aliphatic carbocycles. The lowest BCUT2D eigenvalue weighted by molar-refractivity contribution is -0.384. The van der Waals surface area contributed by atoms with Gasteiger partial charge in [0.15, 0.2) is 0 Å². The molecule has 0 radical (unpaired) electrons. The first-order valence-electron chi connectivity index (χ1n) is 9.89. The van der Waals surface area contributed by atoms with Crippen LogP contribution < -0.4 is 10.2 Å². The molecule has 0 spiro atoms. The summed E-state index contributed by atoms with van der Waals surface area (Å²) in [5.74, 6) is -0.331. The van der Waals surface area contributed by atoms with Crippen LogP contribution in [0.3, 0.4) is 0 Å². The third-order valence-electron chi connectivity index (χ3n) is 5.75. The van der Waals surface area contributed by atoms with E-state index < -0.39 is 4.92 Å². The number of carbonyl (C=O) groups excluding carboxylic acids is 1. The van der Waals surface area contributed by atoms with Gasteiger partial charge in [0.1, 0.15) is 5.69 Å². The topological polar surface area (TPSA) is 78.7 Å². The number of nitrogens with one attached hydrogen (secondary N) is 1. The number of nitrogens with zero attached hydrogens (tertiary/aromatic N) is 3. The molecule has 1 saturated heterocycles. The normalized spacial score (nSPS) is 17.5. The van der Waals surface area contributed by atoms with E-state index in [0.29, 0.717) is 22.9 Å². The van der Waals surface area contributed by atoms with Crippen LogP contribution in [0.2, 0.25) is 0 Å². The molecule has 0 bridgehead atoms. The Kier molecular flexibility index (Phi) is 5.07. The largest absolute Gasteiger partial charge is 0.382 e. The predicted octanol–water partition coefficient (Wildman–Crippen LogP) is 4.18. The number of carbonyl (C=O) groups is 1. The second kappa shape index (κ2) is 7.67. The van der Waals surface area contributed by atoms with Crippen LogP contribution in [0, 0.1) is 10.1 Å². The zero-order valence-corrected chi connectivity index (χ0v) is 16.4. The summed E-state index contributed by atoms with van der Waals surface area (Å²) in [6.45, 7) is 9.36. The van der Waals surface area contributed by atoms with Crippen LogP contribution in [-0.4, -0.2) is 41.4 Å². The summed E-state index contributed by atoms with van der Waals surface area (Å²) >= 11 is 0. The summed E-state index contributed by atoms with van der Waals surface area (Å²) in [5.41, 5.74) is 2.78. The molecule has 29 heavy (non-hydrogen) atoms. The standard InChI is InChI=1S/C22H24N4O3/c1-3-24-12-10-16(11-13-24)23-17-8-9-19-18(14-17)15(2)22(27)25(19)20-6-4-5-7-21(20)26(28)29/h4-9,14,16,23H,2-3,10-13H2,1H3. The predicted molar refractivity (Wildman–Crippen MR) is 114 cm³/mol. The van der Waals surface area contributed by atoms with Crippen molar-refractivity contribution >= 4 is 34.2 Å². The van der Waals surface area contributed by atoms with Crippen LogP contribution in [0.25, 0.3) is 5.57 Å². The number of para-hydroxylation sites is 2. The lowest BCUT2D eigenvalue weighted by atomic mass is 10.0. The molecular formula is C22H24N4O3. The van der Waals surface area contributed by atoms with Crippen molar-refractivity contribution in [1.82, 2.24) is 4.90 Å². The Hall–Kier alpha value is -3.19. The fourth-order valence-electron chi connectivity index (χ4n) is 4.10. The number of likely N-dealkylation sites (tertiary alicyclic amines) is 1. The van der Waals surface area contributed by atoms with E-state index in [0.717, 1.165) is 38.2 Å². The average molecular weight is 392 g/mol. The minimum atomic E-state index is -0.470. The molecule has 0 atom stereocenters. The number of anilines is 3. The molecule has 4 rings (SSSR count). The van der Waals surface area contributed by atoms with Crippen LogP contribution in [0.4, 0.5) is 22.7 Å². The highest BCUT2D eigenvalue weighted by Gasteiger charge is 2.35. The van der Waals surface area contributed by atoms with Crippen molar-refractivity contribution in [3.05, 3.63) is 64.7 Å². The van der Waals surface area contributed by atoms with E-state index >= 15 is 0 Å². The summed E-state index contributed by atoms with van der Waals surface area (Å²) in [7, 11) is 0. The van der Waals surface area contributed by atoms with Gasteiger partial charge in [-0.3, -0.25) is 19.8 Å². The smallest absolute Gasteiger partial charge is 0.293 e. The van der Waals surface area contributed by atoms with Gasteiger partial charge < -0.3 is 10.2 Å². The van der Waals surface area contributed by atoms with Gasteiger partial charge in [-0.15, -0.1) is 0 Å². The van der Waals surface area contributed by atoms with Gasteiger partial charge in [0.2, 0.25) is 0 Å². The monoisotopic (exact) mass is 392 g/mol. The Balaban J connectivity index is 1.62. The molecule has 150 valence electrons. The van der Waals surface area contributed by atoms with Gasteiger partial charge >= 0.3 is 0 Å². The van der Waals surface area contributed by atoms with E-state index in [9.17, 15) is 14.9 Å². The van der Waals surface area contributed by atoms with E-state index in [1.807, 2.05) is 18.2 Å². The Bertz CT molecular complexity index is 980. The highest BCUT2D eigenvalue weighted by Crippen LogP contribution is 2.44. The minimum absolute atomic E-state index is 0.105. The van der Waals surface area contributed by atoms with Crippen molar-refractivity contribution < 1.29 is 9.72 Å². The van der Waals surface area contributed by atoms with Crippen LogP contribution in [0.5, 0.6) is 0 Å². The summed E-state index contributed by atoms with van der Waals surface area (Å²) in [6, 6.07) is 12.4. The van der Waals surface area contributed by atoms with Crippen LogP contribution in [0.15, 0.2) is 49.0 Å². The van der Waals surface area contributed by atoms with Crippen LogP contribution >= 0.6 is 0 Å². The van der Waals surface area contributed by atoms with E-state index in [1.165, 1.54) is 11.0 Å². The molecule has 2 aliphatic rings. The van der Waals surface area contributed by atoms with Gasteiger partial charge in [0.25, 0.3) is 11.6 Å². The third-order valence-corrected chi connectivity index (χ3v) is 5.75. The maximum Gasteiger partial charge on any atom is 0.293 e. The quantitative estimate of drug-likeness (QED) is 0.469. The summed E-state index contributed by atoms with van der Waals surface area (Å²) in [6.07, 6.45) is 2.15. The number of fused-ring (bicyclic) bond motifs is 1. The fraction of sp³-hybridized carbons (Fsp3) is 0.318. The highest BCUT2D eigenvalue weighted by atomic mass is 16.6. The Labute approximate surface area is 169 Å². The highest BCUT2D eigenvalue weighted by molar-refractivity contribution is 6.35. The summed E-state index contributed by atoms with van der Waals surface area (Å²) in [5, 5.41) is 15.0. The maximum atomic E-state index is 12.9. The van der Waals surface area contributed by atoms with Crippen molar-refractivity contribution in [2.45, 2.75) is 25.8 Å². The molecule has 0 unspecified atom stereocenters. The zero-order valence-electron chi connectivity index (χ0n) is 16.4. The second-order valence-corrected chi connectivity index (χ2v) is 7.45. The number of amides is 1. The van der Waals surface area contributed by atoms with Crippen molar-refractivity contribution in [3.63, 3.8) is 0 Å². The molecular weight excluding hydrogens is 368 g/mol. The number of nitro groups is 1. The molecule has 7 nitrogen and oxygen atoms in total. The Morgan fingerprint density at radius 1 is 1.17 bits per heavy atom. The van der Waals surface area contributed by atoms with Gasteiger partial charge in [-0.1, -0.05) is 25.6 Å². The van der Waals surface area contributed by atoms with Gasteiger partial charge in [0.05, 0.1) is 10.6 Å². The van der Waals surface area contributed by atoms with E-state index in [-0.39, 0.29) is 17.3 Å². The van der Waals surface area contributed by atoms with E-state index in [1.54, 1.807) is 18.2 Å². The molecule has 2 heterocycles. The van der Waals surface area contributed by atoms with E-state index in [4.69, 9.17) is 0 Å². The third kappa shape index (κ3) is 3.49. The molecule has 1 fully saturated rings. The van der Waals surface area contributed by atoms with Gasteiger partial charge in [-0.25, -0.2) is 0 Å². The molecule has 2 aliphatic heterocycles. The number of hydrogen-bond acceptors (Lipinski definition) is 5. The van der Waals surface area contributed by atoms with Gasteiger partial charge in [-0.05, 0) is 43.7 Å². The lowest BCUT2D eigenvalue weighted by Gasteiger charge is -2.32. The SMILES string of the molecule is C=C1C(=O)N(c2ccccc2[N+](=O)[O-])c2ccc(NC3CCN(CC)CC3)cc21. The molecule has 7 heteroatoms. The number of piperidine rings is 1. The molecule has 0 saturated carbocycles. The second-order valence-electron chi connectivity index (χ2n) is 7.45. The first kappa shape index (κ1) is 19.1. The fourth-order valence-corrected chi connectivity index (χ4v) is 4.10. The zero-order chi connectivity index (χ0) is 20.5. The van der Waals surface area contributed by atoms with Crippen LogP contribution in [-0.2, 0) is 4.79 Å².